The molecule has 2 aromatic rings. The minimum atomic E-state index is -4.63. The van der Waals surface area contributed by atoms with Crippen LogP contribution in [0.4, 0.5) is 17.6 Å². The van der Waals surface area contributed by atoms with E-state index in [-0.39, 0.29) is 17.1 Å². The maximum atomic E-state index is 13.5. The summed E-state index contributed by atoms with van der Waals surface area (Å²) in [6.45, 7) is -0.750. The Balaban J connectivity index is 2.39. The standard InChI is InChI=1S/C14H9BrF4O2/c15-9-2-4-12(16)13(5-9)21-10-3-1-8(7-20)11(6-10)14(17,18)19/h1-6,20H,7H2. The monoisotopic (exact) mass is 364 g/mol. The Morgan fingerprint density at radius 1 is 1.10 bits per heavy atom. The highest BCUT2D eigenvalue weighted by molar-refractivity contribution is 9.10. The number of aliphatic hydroxyl groups excluding tert-OH is 1. The second kappa shape index (κ2) is 6.03. The van der Waals surface area contributed by atoms with Crippen LogP contribution in [0.1, 0.15) is 11.1 Å². The lowest BCUT2D eigenvalue weighted by atomic mass is 10.1. The van der Waals surface area contributed by atoms with Gasteiger partial charge in [0.1, 0.15) is 5.75 Å². The second-order valence-electron chi connectivity index (χ2n) is 4.15. The summed E-state index contributed by atoms with van der Waals surface area (Å²) in [5, 5.41) is 8.94. The van der Waals surface area contributed by atoms with E-state index in [0.717, 1.165) is 18.2 Å². The smallest absolute Gasteiger partial charge is 0.416 e. The third kappa shape index (κ3) is 3.74. The van der Waals surface area contributed by atoms with Crippen molar-refractivity contribution in [3.05, 3.63) is 57.8 Å². The number of aliphatic hydroxyl groups is 1. The normalized spacial score (nSPS) is 11.5. The molecule has 0 heterocycles. The van der Waals surface area contributed by atoms with E-state index in [2.05, 4.69) is 15.9 Å². The summed E-state index contributed by atoms with van der Waals surface area (Å²) in [7, 11) is 0. The fourth-order valence-electron chi connectivity index (χ4n) is 1.70. The van der Waals surface area contributed by atoms with Crippen molar-refractivity contribution < 1.29 is 27.4 Å². The highest BCUT2D eigenvalue weighted by atomic mass is 79.9. The third-order valence-corrected chi connectivity index (χ3v) is 3.17. The molecule has 1 N–H and O–H groups in total. The average molecular weight is 365 g/mol. The molecule has 0 aromatic heterocycles. The molecule has 0 saturated heterocycles. The predicted octanol–water partition coefficient (Wildman–Crippen LogP) is 4.89. The molecule has 2 rings (SSSR count). The van der Waals surface area contributed by atoms with E-state index in [0.29, 0.717) is 4.47 Å². The molecule has 21 heavy (non-hydrogen) atoms. The van der Waals surface area contributed by atoms with E-state index in [1.807, 2.05) is 0 Å². The van der Waals surface area contributed by atoms with Gasteiger partial charge >= 0.3 is 6.18 Å². The van der Waals surface area contributed by atoms with Gasteiger partial charge in [0.15, 0.2) is 11.6 Å². The maximum Gasteiger partial charge on any atom is 0.416 e. The summed E-state index contributed by atoms with van der Waals surface area (Å²) in [6.07, 6.45) is -4.63. The SMILES string of the molecule is OCc1ccc(Oc2cc(Br)ccc2F)cc1C(F)(F)F. The van der Waals surface area contributed by atoms with Crippen LogP contribution in [0.3, 0.4) is 0 Å². The Hall–Kier alpha value is -1.60. The molecule has 2 aromatic carbocycles. The second-order valence-corrected chi connectivity index (χ2v) is 5.07. The van der Waals surface area contributed by atoms with Crippen molar-refractivity contribution in [2.24, 2.45) is 0 Å². The van der Waals surface area contributed by atoms with Crippen LogP contribution in [0, 0.1) is 5.82 Å². The molecular weight excluding hydrogens is 356 g/mol. The first-order valence-electron chi connectivity index (χ1n) is 5.75. The van der Waals surface area contributed by atoms with Gasteiger partial charge in [-0.2, -0.15) is 13.2 Å². The zero-order valence-corrected chi connectivity index (χ0v) is 12.0. The molecule has 0 aliphatic carbocycles. The largest absolute Gasteiger partial charge is 0.454 e. The number of hydrogen-bond acceptors (Lipinski definition) is 2. The van der Waals surface area contributed by atoms with Crippen LogP contribution < -0.4 is 4.74 Å². The first-order chi connectivity index (χ1) is 9.81. The first-order valence-corrected chi connectivity index (χ1v) is 6.54. The number of alkyl halides is 3. The molecular formula is C14H9BrF4O2. The zero-order valence-electron chi connectivity index (χ0n) is 10.4. The van der Waals surface area contributed by atoms with Crippen molar-refractivity contribution in [1.29, 1.82) is 0 Å². The van der Waals surface area contributed by atoms with Crippen LogP contribution >= 0.6 is 15.9 Å². The Morgan fingerprint density at radius 3 is 2.43 bits per heavy atom. The molecule has 0 aliphatic heterocycles. The fraction of sp³-hybridized carbons (Fsp3) is 0.143. The van der Waals surface area contributed by atoms with Crippen LogP contribution in [0.15, 0.2) is 40.9 Å². The molecule has 0 amide bonds. The summed E-state index contributed by atoms with van der Waals surface area (Å²) in [6, 6.07) is 6.94. The van der Waals surface area contributed by atoms with Crippen molar-refractivity contribution in [3.8, 4) is 11.5 Å². The molecule has 0 bridgehead atoms. The van der Waals surface area contributed by atoms with Crippen LogP contribution in [0.5, 0.6) is 11.5 Å². The number of ether oxygens (including phenoxy) is 1. The number of hydrogen-bond donors (Lipinski definition) is 1. The van der Waals surface area contributed by atoms with Gasteiger partial charge < -0.3 is 9.84 Å². The Morgan fingerprint density at radius 2 is 1.81 bits per heavy atom. The zero-order chi connectivity index (χ0) is 15.6. The van der Waals surface area contributed by atoms with Gasteiger partial charge in [0.2, 0.25) is 0 Å². The molecule has 0 fully saturated rings. The molecule has 112 valence electrons. The molecule has 0 atom stereocenters. The number of halogens is 5. The van der Waals surface area contributed by atoms with Gasteiger partial charge in [-0.3, -0.25) is 0 Å². The Bertz CT molecular complexity index is 656. The minimum absolute atomic E-state index is 0.170. The molecule has 2 nitrogen and oxygen atoms in total. The molecule has 0 aliphatic rings. The van der Waals surface area contributed by atoms with Crippen molar-refractivity contribution in [1.82, 2.24) is 0 Å². The average Bonchev–Trinajstić information content (AvgIpc) is 2.42. The number of rotatable bonds is 3. The molecule has 0 radical (unpaired) electrons. The summed E-state index contributed by atoms with van der Waals surface area (Å²) in [4.78, 5) is 0. The van der Waals surface area contributed by atoms with Crippen molar-refractivity contribution >= 4 is 15.9 Å². The topological polar surface area (TPSA) is 29.5 Å². The van der Waals surface area contributed by atoms with Gasteiger partial charge in [-0.25, -0.2) is 4.39 Å². The molecule has 0 spiro atoms. The van der Waals surface area contributed by atoms with Gasteiger partial charge in [-0.1, -0.05) is 22.0 Å². The Kier molecular flexibility index (Phi) is 4.53. The van der Waals surface area contributed by atoms with E-state index in [1.165, 1.54) is 18.2 Å². The Labute approximate surface area is 126 Å². The van der Waals surface area contributed by atoms with Crippen LogP contribution in [0.25, 0.3) is 0 Å². The lowest BCUT2D eigenvalue weighted by Crippen LogP contribution is -2.09. The van der Waals surface area contributed by atoms with Crippen LogP contribution in [-0.2, 0) is 12.8 Å². The molecule has 7 heteroatoms. The van der Waals surface area contributed by atoms with E-state index in [4.69, 9.17) is 9.84 Å². The highest BCUT2D eigenvalue weighted by Gasteiger charge is 2.33. The lowest BCUT2D eigenvalue weighted by Gasteiger charge is -2.14. The van der Waals surface area contributed by atoms with Gasteiger partial charge in [-0.05, 0) is 35.9 Å². The quantitative estimate of drug-likeness (QED) is 0.785. The third-order valence-electron chi connectivity index (χ3n) is 2.68. The summed E-state index contributed by atoms with van der Waals surface area (Å²) in [5.74, 6) is -1.07. The maximum absolute atomic E-state index is 13.5. The van der Waals surface area contributed by atoms with Crippen LogP contribution in [-0.4, -0.2) is 5.11 Å². The van der Waals surface area contributed by atoms with E-state index in [1.54, 1.807) is 0 Å². The van der Waals surface area contributed by atoms with Crippen molar-refractivity contribution in [3.63, 3.8) is 0 Å². The van der Waals surface area contributed by atoms with E-state index < -0.39 is 24.2 Å². The summed E-state index contributed by atoms with van der Waals surface area (Å²) in [5.41, 5.74) is -1.29. The molecule has 0 unspecified atom stereocenters. The summed E-state index contributed by atoms with van der Waals surface area (Å²) < 4.78 is 57.7. The summed E-state index contributed by atoms with van der Waals surface area (Å²) >= 11 is 3.12. The predicted molar refractivity (Wildman–Crippen MR) is 71.5 cm³/mol. The van der Waals surface area contributed by atoms with Crippen molar-refractivity contribution in [2.45, 2.75) is 12.8 Å². The van der Waals surface area contributed by atoms with Gasteiger partial charge in [-0.15, -0.1) is 0 Å². The van der Waals surface area contributed by atoms with Crippen LogP contribution in [0.2, 0.25) is 0 Å². The van der Waals surface area contributed by atoms with E-state index >= 15 is 0 Å². The van der Waals surface area contributed by atoms with Gasteiger partial charge in [0.25, 0.3) is 0 Å². The molecule has 0 saturated carbocycles. The fourth-order valence-corrected chi connectivity index (χ4v) is 2.04. The van der Waals surface area contributed by atoms with Gasteiger partial charge in [0.05, 0.1) is 12.2 Å². The minimum Gasteiger partial charge on any atom is -0.454 e. The van der Waals surface area contributed by atoms with Crippen molar-refractivity contribution in [2.75, 3.05) is 0 Å². The highest BCUT2D eigenvalue weighted by Crippen LogP contribution is 2.36. The lowest BCUT2D eigenvalue weighted by molar-refractivity contribution is -0.138. The number of benzene rings is 2. The first kappa shape index (κ1) is 15.8. The van der Waals surface area contributed by atoms with E-state index in [9.17, 15) is 17.6 Å². The van der Waals surface area contributed by atoms with Gasteiger partial charge in [0, 0.05) is 4.47 Å².